The second-order valence-corrected chi connectivity index (χ2v) is 11.3. The predicted molar refractivity (Wildman–Crippen MR) is 180 cm³/mol. The first kappa shape index (κ1) is 33.7. The molecular weight excluding hydrogens is 484 g/mol. The van der Waals surface area contributed by atoms with Crippen molar-refractivity contribution in [2.75, 3.05) is 0 Å². The third-order valence-corrected chi connectivity index (χ3v) is 7.59. The van der Waals surface area contributed by atoms with E-state index in [2.05, 4.69) is 86.7 Å². The minimum Gasteiger partial charge on any atom is -0.251 e. The minimum atomic E-state index is 0.968. The topological polar surface area (TPSA) is 24.7 Å². The van der Waals surface area contributed by atoms with Crippen molar-refractivity contribution in [3.8, 4) is 0 Å². The summed E-state index contributed by atoms with van der Waals surface area (Å²) in [6.45, 7) is 4.57. The van der Waals surface area contributed by atoms with E-state index in [0.717, 1.165) is 42.1 Å². The molecule has 2 heteroatoms. The highest BCUT2D eigenvalue weighted by atomic mass is 14.8. The molecule has 0 saturated carbocycles. The number of rotatable bonds is 24. The van der Waals surface area contributed by atoms with E-state index >= 15 is 0 Å². The minimum absolute atomic E-state index is 0.968. The van der Waals surface area contributed by atoms with Gasteiger partial charge in [-0.25, -0.2) is 4.99 Å². The Hall–Kier alpha value is -2.48. The van der Waals surface area contributed by atoms with E-state index in [1.54, 1.807) is 0 Å². The molecule has 0 N–H and O–H groups in total. The normalized spacial score (nSPS) is 12.4. The highest BCUT2D eigenvalue weighted by Crippen LogP contribution is 2.18. The Bertz CT molecular complexity index is 926. The highest BCUT2D eigenvalue weighted by Gasteiger charge is 2.08. The first-order chi connectivity index (χ1) is 19.8. The number of nitrogens with zero attached hydrogens (tertiary/aromatic N) is 2. The van der Waals surface area contributed by atoms with E-state index in [0.29, 0.717) is 0 Å². The Balaban J connectivity index is 1.90. The maximum absolute atomic E-state index is 5.11. The van der Waals surface area contributed by atoms with Gasteiger partial charge in [0.2, 0.25) is 0 Å². The summed E-state index contributed by atoms with van der Waals surface area (Å²) in [6, 6.07) is 20.7. The van der Waals surface area contributed by atoms with Gasteiger partial charge in [0.15, 0.2) is 0 Å². The molecule has 0 bridgehead atoms. The van der Waals surface area contributed by atoms with Crippen molar-refractivity contribution >= 4 is 22.8 Å². The third-order valence-electron chi connectivity index (χ3n) is 7.59. The number of allylic oxidation sites excluding steroid dienone is 2. The van der Waals surface area contributed by atoms with E-state index in [1.807, 2.05) is 0 Å². The molecule has 40 heavy (non-hydrogen) atoms. The van der Waals surface area contributed by atoms with E-state index in [-0.39, 0.29) is 0 Å². The molecule has 0 atom stereocenters. The number of benzene rings is 2. The Kier molecular flexibility index (Phi) is 20.5. The summed E-state index contributed by atoms with van der Waals surface area (Å²) in [6.07, 6.45) is 31.0. The Morgan fingerprint density at radius 1 is 0.500 bits per heavy atom. The molecular formula is C38H58N2. The molecule has 0 aliphatic carbocycles. The van der Waals surface area contributed by atoms with Crippen LogP contribution in [-0.2, 0) is 0 Å². The van der Waals surface area contributed by atoms with Crippen LogP contribution in [0.15, 0.2) is 82.8 Å². The molecule has 0 spiro atoms. The lowest BCUT2D eigenvalue weighted by molar-refractivity contribution is 0.545. The fourth-order valence-corrected chi connectivity index (χ4v) is 5.11. The molecule has 2 aromatic rings. The highest BCUT2D eigenvalue weighted by molar-refractivity contribution is 6.47. The van der Waals surface area contributed by atoms with Gasteiger partial charge < -0.3 is 0 Å². The molecule has 0 fully saturated rings. The van der Waals surface area contributed by atoms with Crippen molar-refractivity contribution in [3.63, 3.8) is 0 Å². The zero-order chi connectivity index (χ0) is 28.4. The zero-order valence-electron chi connectivity index (χ0n) is 26.0. The molecule has 0 aliphatic rings. The molecule has 2 nitrogen and oxygen atoms in total. The van der Waals surface area contributed by atoms with Crippen LogP contribution in [0.25, 0.3) is 0 Å². The largest absolute Gasteiger partial charge is 0.251 e. The SMILES string of the molecule is CCCCCCCCCCCCCCC=CC(=Nc1ccccc1)C(CCCCCCCC)=Nc1ccccc1. The Labute approximate surface area is 247 Å². The number of aliphatic imine (C=N–C) groups is 2. The van der Waals surface area contributed by atoms with Crippen LogP contribution < -0.4 is 0 Å². The fraction of sp³-hybridized carbons (Fsp3) is 0.579. The Morgan fingerprint density at radius 3 is 1.43 bits per heavy atom. The second kappa shape index (κ2) is 24.3. The number of para-hydroxylation sites is 2. The van der Waals surface area contributed by atoms with Gasteiger partial charge in [0, 0.05) is 0 Å². The van der Waals surface area contributed by atoms with E-state index in [9.17, 15) is 0 Å². The maximum Gasteiger partial charge on any atom is 0.0848 e. The molecule has 2 rings (SSSR count). The van der Waals surface area contributed by atoms with Crippen molar-refractivity contribution in [3.05, 3.63) is 72.8 Å². The van der Waals surface area contributed by atoms with E-state index in [1.165, 1.54) is 109 Å². The zero-order valence-corrected chi connectivity index (χ0v) is 26.0. The van der Waals surface area contributed by atoms with Crippen molar-refractivity contribution < 1.29 is 0 Å². The van der Waals surface area contributed by atoms with Crippen molar-refractivity contribution in [1.29, 1.82) is 0 Å². The van der Waals surface area contributed by atoms with Crippen LogP contribution in [-0.4, -0.2) is 11.4 Å². The molecule has 0 radical (unpaired) electrons. The average Bonchev–Trinajstić information content (AvgIpc) is 2.99. The number of hydrogen-bond donors (Lipinski definition) is 0. The molecule has 0 heterocycles. The molecule has 0 saturated heterocycles. The lowest BCUT2D eigenvalue weighted by Crippen LogP contribution is -2.12. The molecule has 220 valence electrons. The average molecular weight is 543 g/mol. The number of unbranched alkanes of at least 4 members (excludes halogenated alkanes) is 17. The van der Waals surface area contributed by atoms with Gasteiger partial charge in [-0.15, -0.1) is 0 Å². The lowest BCUT2D eigenvalue weighted by Gasteiger charge is -2.09. The van der Waals surface area contributed by atoms with Gasteiger partial charge in [-0.2, -0.15) is 0 Å². The van der Waals surface area contributed by atoms with Gasteiger partial charge >= 0.3 is 0 Å². The first-order valence-corrected chi connectivity index (χ1v) is 16.8. The summed E-state index contributed by atoms with van der Waals surface area (Å²) < 4.78 is 0. The molecule has 0 aromatic heterocycles. The quantitative estimate of drug-likeness (QED) is 0.0930. The smallest absolute Gasteiger partial charge is 0.0848 e. The predicted octanol–water partition coefficient (Wildman–Crippen LogP) is 12.9. The monoisotopic (exact) mass is 542 g/mol. The molecule has 2 aromatic carbocycles. The van der Waals surface area contributed by atoms with Crippen LogP contribution >= 0.6 is 0 Å². The van der Waals surface area contributed by atoms with Crippen molar-refractivity contribution in [2.24, 2.45) is 9.98 Å². The summed E-state index contributed by atoms with van der Waals surface area (Å²) in [5, 5.41) is 0. The second-order valence-electron chi connectivity index (χ2n) is 11.3. The standard InChI is InChI=1S/C38H58N2/c1-3-5-7-9-11-12-13-14-15-16-17-18-20-28-34-38(40-36-31-25-22-26-32-36)37(33-27-19-10-8-6-4-2)39-35-29-23-21-24-30-35/h21-26,28-32,34H,3-20,27,33H2,1-2H3. The van der Waals surface area contributed by atoms with Gasteiger partial charge in [-0.3, -0.25) is 4.99 Å². The van der Waals surface area contributed by atoms with Crippen LogP contribution in [0, 0.1) is 0 Å². The summed E-state index contributed by atoms with van der Waals surface area (Å²) in [4.78, 5) is 10.2. The molecule has 0 aliphatic heterocycles. The van der Waals surface area contributed by atoms with Crippen LogP contribution in [0.5, 0.6) is 0 Å². The number of hydrogen-bond acceptors (Lipinski definition) is 2. The van der Waals surface area contributed by atoms with Gasteiger partial charge in [0.25, 0.3) is 0 Å². The first-order valence-electron chi connectivity index (χ1n) is 16.8. The van der Waals surface area contributed by atoms with Crippen LogP contribution in [0.1, 0.15) is 142 Å². The summed E-state index contributed by atoms with van der Waals surface area (Å²) in [7, 11) is 0. The van der Waals surface area contributed by atoms with Crippen LogP contribution in [0.4, 0.5) is 11.4 Å². The molecule has 0 amide bonds. The van der Waals surface area contributed by atoms with Crippen LogP contribution in [0.3, 0.4) is 0 Å². The van der Waals surface area contributed by atoms with Crippen molar-refractivity contribution in [2.45, 2.75) is 142 Å². The third kappa shape index (κ3) is 17.3. The molecule has 0 unspecified atom stereocenters. The summed E-state index contributed by atoms with van der Waals surface area (Å²) in [5.74, 6) is 0. The lowest BCUT2D eigenvalue weighted by atomic mass is 10.0. The van der Waals surface area contributed by atoms with Crippen molar-refractivity contribution in [1.82, 2.24) is 0 Å². The maximum atomic E-state index is 5.11. The van der Waals surface area contributed by atoms with Gasteiger partial charge in [-0.05, 0) is 56.0 Å². The van der Waals surface area contributed by atoms with Gasteiger partial charge in [0.05, 0.1) is 22.8 Å². The summed E-state index contributed by atoms with van der Waals surface area (Å²) >= 11 is 0. The van der Waals surface area contributed by atoms with E-state index in [4.69, 9.17) is 9.98 Å². The van der Waals surface area contributed by atoms with Gasteiger partial charge in [-0.1, -0.05) is 159 Å². The van der Waals surface area contributed by atoms with E-state index < -0.39 is 0 Å². The summed E-state index contributed by atoms with van der Waals surface area (Å²) in [5.41, 5.74) is 4.13. The van der Waals surface area contributed by atoms with Gasteiger partial charge in [0.1, 0.15) is 0 Å². The van der Waals surface area contributed by atoms with Crippen LogP contribution in [0.2, 0.25) is 0 Å². The Morgan fingerprint density at radius 2 is 0.925 bits per heavy atom. The fourth-order valence-electron chi connectivity index (χ4n) is 5.11.